The van der Waals surface area contributed by atoms with E-state index in [4.69, 9.17) is 9.88 Å². The van der Waals surface area contributed by atoms with E-state index in [0.717, 1.165) is 39.3 Å². The lowest BCUT2D eigenvalue weighted by Crippen LogP contribution is -2.34. The first-order chi connectivity index (χ1) is 14.5. The number of rotatable bonds is 6. The molecule has 0 spiro atoms. The van der Waals surface area contributed by atoms with E-state index in [1.54, 1.807) is 25.1 Å². The zero-order valence-electron chi connectivity index (χ0n) is 17.1. The number of esters is 1. The average Bonchev–Trinajstić information content (AvgIpc) is 3.11. The maximum absolute atomic E-state index is 12.6. The van der Waals surface area contributed by atoms with Gasteiger partial charge in [0.25, 0.3) is 11.1 Å². The van der Waals surface area contributed by atoms with Crippen LogP contribution in [0.3, 0.4) is 0 Å². The Morgan fingerprint density at radius 1 is 1.19 bits per heavy atom. The van der Waals surface area contributed by atoms with Gasteiger partial charge in [-0.05, 0) is 74.5 Å². The zero-order valence-corrected chi connectivity index (χ0v) is 18.7. The highest BCUT2D eigenvalue weighted by molar-refractivity contribution is 8.18. The Balaban J connectivity index is 1.90. The van der Waals surface area contributed by atoms with Gasteiger partial charge in [0.15, 0.2) is 0 Å². The molecule has 2 heterocycles. The van der Waals surface area contributed by atoms with Gasteiger partial charge in [0.05, 0.1) is 16.4 Å². The third kappa shape index (κ3) is 4.73. The predicted molar refractivity (Wildman–Crippen MR) is 116 cm³/mol. The molecule has 0 atom stereocenters. The van der Waals surface area contributed by atoms with Gasteiger partial charge >= 0.3 is 5.97 Å². The van der Waals surface area contributed by atoms with Gasteiger partial charge in [-0.1, -0.05) is 0 Å². The Kier molecular flexibility index (Phi) is 6.39. The molecular formula is C20H21N3O6S2. The summed E-state index contributed by atoms with van der Waals surface area (Å²) in [5.41, 5.74) is 3.07. The van der Waals surface area contributed by atoms with Crippen LogP contribution >= 0.6 is 11.8 Å². The third-order valence-electron chi connectivity index (χ3n) is 4.65. The van der Waals surface area contributed by atoms with Gasteiger partial charge in [-0.15, -0.1) is 0 Å². The van der Waals surface area contributed by atoms with Crippen LogP contribution in [0.2, 0.25) is 0 Å². The Hall–Kier alpha value is -2.89. The van der Waals surface area contributed by atoms with Gasteiger partial charge in [0, 0.05) is 17.1 Å². The van der Waals surface area contributed by atoms with E-state index >= 15 is 0 Å². The van der Waals surface area contributed by atoms with Crippen molar-refractivity contribution in [3.63, 3.8) is 0 Å². The number of thioether (sulfide) groups is 1. The number of aryl methyl sites for hydroxylation is 1. The van der Waals surface area contributed by atoms with E-state index in [9.17, 15) is 22.8 Å². The normalized spacial score (nSPS) is 15.7. The van der Waals surface area contributed by atoms with Crippen LogP contribution in [0.1, 0.15) is 23.9 Å². The maximum Gasteiger partial charge on any atom is 0.326 e. The lowest BCUT2D eigenvalue weighted by molar-refractivity contribution is -0.145. The fourth-order valence-corrected chi connectivity index (χ4v) is 4.57. The molecule has 164 valence electrons. The minimum absolute atomic E-state index is 0.00853. The van der Waals surface area contributed by atoms with Crippen LogP contribution in [0.25, 0.3) is 11.8 Å². The molecule has 3 rings (SSSR count). The van der Waals surface area contributed by atoms with E-state index in [1.807, 2.05) is 24.5 Å². The Morgan fingerprint density at radius 3 is 2.42 bits per heavy atom. The fraction of sp³-hybridized carbons (Fsp3) is 0.250. The minimum Gasteiger partial charge on any atom is -0.465 e. The number of hydrogen-bond donors (Lipinski definition) is 1. The Morgan fingerprint density at radius 2 is 1.84 bits per heavy atom. The van der Waals surface area contributed by atoms with Crippen LogP contribution in [-0.2, 0) is 24.3 Å². The summed E-state index contributed by atoms with van der Waals surface area (Å²) in [4.78, 5) is 37.5. The summed E-state index contributed by atoms with van der Waals surface area (Å²) in [7, 11) is -3.79. The van der Waals surface area contributed by atoms with E-state index in [1.165, 1.54) is 12.1 Å². The quantitative estimate of drug-likeness (QED) is 0.514. The zero-order chi connectivity index (χ0) is 22.9. The molecule has 1 saturated heterocycles. The van der Waals surface area contributed by atoms with Crippen LogP contribution in [0.15, 0.2) is 40.1 Å². The summed E-state index contributed by atoms with van der Waals surface area (Å²) in [5, 5.41) is 4.62. The van der Waals surface area contributed by atoms with Crippen molar-refractivity contribution in [1.29, 1.82) is 0 Å². The first-order valence-corrected chi connectivity index (χ1v) is 11.6. The number of primary sulfonamides is 1. The van der Waals surface area contributed by atoms with Crippen molar-refractivity contribution < 1.29 is 27.5 Å². The molecule has 1 aromatic carbocycles. The number of carbonyl (C=O) groups excluding carboxylic acids is 3. The largest absolute Gasteiger partial charge is 0.465 e. The number of carbonyl (C=O) groups is 3. The van der Waals surface area contributed by atoms with Crippen molar-refractivity contribution >= 4 is 45.0 Å². The number of hydrogen-bond acceptors (Lipinski definition) is 7. The van der Waals surface area contributed by atoms with Crippen molar-refractivity contribution in [2.45, 2.75) is 25.7 Å². The molecule has 1 aromatic heterocycles. The summed E-state index contributed by atoms with van der Waals surface area (Å²) in [5.74, 6) is -1.20. The summed E-state index contributed by atoms with van der Waals surface area (Å²) >= 11 is 0.762. The molecule has 0 unspecified atom stereocenters. The van der Waals surface area contributed by atoms with E-state index in [0.29, 0.717) is 0 Å². The van der Waals surface area contributed by atoms with Crippen LogP contribution in [0, 0.1) is 13.8 Å². The van der Waals surface area contributed by atoms with Crippen molar-refractivity contribution in [1.82, 2.24) is 9.47 Å². The van der Waals surface area contributed by atoms with Crippen molar-refractivity contribution in [3.05, 3.63) is 52.2 Å². The van der Waals surface area contributed by atoms with Gasteiger partial charge in [-0.3, -0.25) is 19.3 Å². The molecule has 0 saturated carbocycles. The van der Waals surface area contributed by atoms with E-state index in [-0.39, 0.29) is 16.4 Å². The summed E-state index contributed by atoms with van der Waals surface area (Å²) in [6, 6.07) is 7.96. The summed E-state index contributed by atoms with van der Waals surface area (Å²) in [6.07, 6.45) is 1.60. The molecule has 2 N–H and O–H groups in total. The molecule has 0 aliphatic carbocycles. The monoisotopic (exact) mass is 463 g/mol. The van der Waals surface area contributed by atoms with Gasteiger partial charge in [-0.25, -0.2) is 13.6 Å². The van der Waals surface area contributed by atoms with Crippen molar-refractivity contribution in [3.8, 4) is 5.69 Å². The van der Waals surface area contributed by atoms with Crippen LogP contribution in [0.4, 0.5) is 4.79 Å². The molecular weight excluding hydrogens is 442 g/mol. The minimum atomic E-state index is -3.79. The van der Waals surface area contributed by atoms with E-state index < -0.39 is 33.7 Å². The highest BCUT2D eigenvalue weighted by Crippen LogP contribution is 2.33. The van der Waals surface area contributed by atoms with Gasteiger partial charge < -0.3 is 9.30 Å². The summed E-state index contributed by atoms with van der Waals surface area (Å²) < 4.78 is 29.6. The highest BCUT2D eigenvalue weighted by atomic mass is 32.2. The molecule has 9 nitrogen and oxygen atoms in total. The molecule has 2 aromatic rings. The number of benzene rings is 1. The SMILES string of the molecule is CCOC(=O)CN1C(=O)SC(=Cc2cc(C)n(-c3ccc(S(N)(=O)=O)cc3)c2C)C1=O. The van der Waals surface area contributed by atoms with Gasteiger partial charge in [0.2, 0.25) is 10.0 Å². The summed E-state index contributed by atoms with van der Waals surface area (Å²) in [6.45, 7) is 5.09. The van der Waals surface area contributed by atoms with Crippen LogP contribution in [-0.4, -0.2) is 48.2 Å². The first kappa shape index (κ1) is 22.8. The lowest BCUT2D eigenvalue weighted by atomic mass is 10.2. The second-order valence-corrected chi connectivity index (χ2v) is 9.33. The second-order valence-electron chi connectivity index (χ2n) is 6.77. The van der Waals surface area contributed by atoms with Gasteiger partial charge in [0.1, 0.15) is 6.54 Å². The predicted octanol–water partition coefficient (Wildman–Crippen LogP) is 2.34. The average molecular weight is 464 g/mol. The molecule has 2 amide bonds. The molecule has 31 heavy (non-hydrogen) atoms. The molecule has 0 radical (unpaired) electrons. The molecule has 1 aliphatic heterocycles. The van der Waals surface area contributed by atoms with E-state index in [2.05, 4.69) is 0 Å². The third-order valence-corrected chi connectivity index (χ3v) is 6.48. The number of aromatic nitrogens is 1. The number of nitrogens with two attached hydrogens (primary N) is 1. The Bertz CT molecular complexity index is 1200. The maximum atomic E-state index is 12.6. The van der Waals surface area contributed by atoms with Gasteiger partial charge in [-0.2, -0.15) is 0 Å². The molecule has 1 fully saturated rings. The topological polar surface area (TPSA) is 129 Å². The Labute approximate surface area is 183 Å². The van der Waals surface area contributed by atoms with Crippen LogP contribution < -0.4 is 5.14 Å². The molecule has 11 heteroatoms. The standard InChI is InChI=1S/C20H21N3O6S2/c1-4-29-18(24)11-22-19(25)17(30-20(22)26)10-14-9-12(2)23(13(14)3)15-5-7-16(8-6-15)31(21,27)28/h5-10H,4,11H2,1-3H3,(H2,21,27,28). The number of imide groups is 1. The van der Waals surface area contributed by atoms with Crippen molar-refractivity contribution in [2.24, 2.45) is 5.14 Å². The molecule has 1 aliphatic rings. The van der Waals surface area contributed by atoms with Crippen molar-refractivity contribution in [2.75, 3.05) is 13.2 Å². The second kappa shape index (κ2) is 8.69. The highest BCUT2D eigenvalue weighted by Gasteiger charge is 2.36. The fourth-order valence-electron chi connectivity index (χ4n) is 3.23. The lowest BCUT2D eigenvalue weighted by Gasteiger charge is -2.11. The first-order valence-electron chi connectivity index (χ1n) is 9.26. The smallest absolute Gasteiger partial charge is 0.326 e. The molecule has 0 bridgehead atoms. The van der Waals surface area contributed by atoms with Crippen LogP contribution in [0.5, 0.6) is 0 Å². The number of ether oxygens (including phenoxy) is 1. The number of amides is 2. The number of nitrogens with zero attached hydrogens (tertiary/aromatic N) is 2. The number of sulfonamides is 1.